The van der Waals surface area contributed by atoms with Gasteiger partial charge in [-0.1, -0.05) is 35.7 Å². The van der Waals surface area contributed by atoms with Crippen LogP contribution in [-0.2, 0) is 14.3 Å². The molecule has 1 aromatic rings. The maximum atomic E-state index is 11.8. The molecule has 4 nitrogen and oxygen atoms in total. The first-order chi connectivity index (χ1) is 9.97. The lowest BCUT2D eigenvalue weighted by molar-refractivity contribution is -0.155. The minimum Gasteiger partial charge on any atom is -0.455 e. The number of nitrogens with one attached hydrogen (secondary N) is 1. The quantitative estimate of drug-likeness (QED) is 0.841. The number of carbonyl (C=O) groups is 2. The molecule has 0 aliphatic heterocycles. The molecule has 1 N–H and O–H groups in total. The van der Waals surface area contributed by atoms with Gasteiger partial charge in [0, 0.05) is 10.0 Å². The highest BCUT2D eigenvalue weighted by Gasteiger charge is 2.27. The number of hydrogen-bond donors (Lipinski definition) is 1. The van der Waals surface area contributed by atoms with Crippen molar-refractivity contribution in [2.24, 2.45) is 5.92 Å². The number of ether oxygens (including phenoxy) is 1. The monoisotopic (exact) mass is 329 g/mol. The Balaban J connectivity index is 1.82. The molecule has 0 radical (unpaired) electrons. The summed E-state index contributed by atoms with van der Waals surface area (Å²) in [6.45, 7) is 1.55. The molecule has 114 valence electrons. The number of carbonyl (C=O) groups excluding carboxylic acids is 2. The van der Waals surface area contributed by atoms with Crippen molar-refractivity contribution in [3.05, 3.63) is 33.8 Å². The van der Waals surface area contributed by atoms with Gasteiger partial charge in [-0.25, -0.2) is 0 Å². The molecule has 0 bridgehead atoms. The third-order valence-corrected chi connectivity index (χ3v) is 4.15. The Kier molecular flexibility index (Phi) is 5.48. The predicted molar refractivity (Wildman–Crippen MR) is 81.3 cm³/mol. The fourth-order valence-corrected chi connectivity index (χ4v) is 2.68. The van der Waals surface area contributed by atoms with Gasteiger partial charge in [0.05, 0.1) is 12.0 Å². The number of rotatable bonds is 5. The molecule has 1 fully saturated rings. The number of esters is 1. The van der Waals surface area contributed by atoms with Crippen LogP contribution in [0.3, 0.4) is 0 Å². The molecule has 1 saturated carbocycles. The average Bonchev–Trinajstić information content (AvgIpc) is 2.34. The van der Waals surface area contributed by atoms with Gasteiger partial charge in [0.25, 0.3) is 5.91 Å². The molecule has 0 unspecified atom stereocenters. The molecule has 2 rings (SSSR count). The number of benzene rings is 1. The first-order valence-electron chi connectivity index (χ1n) is 6.88. The smallest absolute Gasteiger partial charge is 0.309 e. The van der Waals surface area contributed by atoms with E-state index in [1.54, 1.807) is 25.1 Å². The van der Waals surface area contributed by atoms with Crippen molar-refractivity contribution in [3.8, 4) is 0 Å². The van der Waals surface area contributed by atoms with Gasteiger partial charge < -0.3 is 10.1 Å². The number of halogens is 2. The Morgan fingerprint density at radius 1 is 1.38 bits per heavy atom. The van der Waals surface area contributed by atoms with Crippen LogP contribution in [-0.4, -0.2) is 18.5 Å². The summed E-state index contributed by atoms with van der Waals surface area (Å²) in [6, 6.07) is 4.81. The van der Waals surface area contributed by atoms with Crippen molar-refractivity contribution < 1.29 is 14.3 Å². The van der Waals surface area contributed by atoms with E-state index < -0.39 is 0 Å². The Bertz CT molecular complexity index is 544. The Morgan fingerprint density at radius 3 is 2.67 bits per heavy atom. The topological polar surface area (TPSA) is 55.4 Å². The molecule has 1 aromatic carbocycles. The summed E-state index contributed by atoms with van der Waals surface area (Å²) >= 11 is 11.9. The van der Waals surface area contributed by atoms with Crippen molar-refractivity contribution in [1.82, 2.24) is 5.32 Å². The lowest BCUT2D eigenvalue weighted by atomic mass is 9.86. The molecule has 0 heterocycles. The van der Waals surface area contributed by atoms with Gasteiger partial charge in [-0.05, 0) is 37.5 Å². The number of hydrogen-bond acceptors (Lipinski definition) is 3. The van der Waals surface area contributed by atoms with Gasteiger partial charge in [-0.3, -0.25) is 9.59 Å². The molecule has 0 saturated heterocycles. The third-order valence-electron chi connectivity index (χ3n) is 3.59. The highest BCUT2D eigenvalue weighted by molar-refractivity contribution is 6.35. The minimum atomic E-state index is -0.346. The summed E-state index contributed by atoms with van der Waals surface area (Å²) in [6.07, 6.45) is 2.77. The van der Waals surface area contributed by atoms with Crippen molar-refractivity contribution in [2.45, 2.75) is 32.2 Å². The second-order valence-corrected chi connectivity index (χ2v) is 6.03. The summed E-state index contributed by atoms with van der Waals surface area (Å²) in [7, 11) is 0. The van der Waals surface area contributed by atoms with E-state index in [0.717, 1.165) is 24.8 Å². The zero-order valence-electron chi connectivity index (χ0n) is 11.7. The van der Waals surface area contributed by atoms with E-state index >= 15 is 0 Å². The van der Waals surface area contributed by atoms with E-state index in [4.69, 9.17) is 27.9 Å². The maximum Gasteiger partial charge on any atom is 0.309 e. The Labute approximate surface area is 133 Å². The predicted octanol–water partition coefficient (Wildman–Crippen LogP) is 3.51. The Morgan fingerprint density at radius 2 is 2.10 bits per heavy atom. The molecule has 1 amide bonds. The van der Waals surface area contributed by atoms with Crippen LogP contribution in [0.25, 0.3) is 0 Å². The standard InChI is InChI=1S/C15H17Cl2NO3/c1-9(12-6-5-11(16)7-13(12)17)18-14(19)8-21-15(20)10-3-2-4-10/h5-7,9-10H,2-4,8H2,1H3,(H,18,19)/t9-/m1/s1. The molecule has 21 heavy (non-hydrogen) atoms. The van der Waals surface area contributed by atoms with Crippen LogP contribution in [0, 0.1) is 5.92 Å². The van der Waals surface area contributed by atoms with E-state index in [-0.39, 0.29) is 30.4 Å². The zero-order chi connectivity index (χ0) is 15.4. The highest BCUT2D eigenvalue weighted by Crippen LogP contribution is 2.27. The number of amides is 1. The lowest BCUT2D eigenvalue weighted by Gasteiger charge is -2.23. The molecule has 6 heteroatoms. The van der Waals surface area contributed by atoms with Crippen molar-refractivity contribution in [2.75, 3.05) is 6.61 Å². The zero-order valence-corrected chi connectivity index (χ0v) is 13.2. The summed E-state index contributed by atoms with van der Waals surface area (Å²) < 4.78 is 4.99. The van der Waals surface area contributed by atoms with Gasteiger partial charge in [-0.2, -0.15) is 0 Å². The van der Waals surface area contributed by atoms with E-state index in [1.807, 2.05) is 0 Å². The van der Waals surface area contributed by atoms with Gasteiger partial charge in [-0.15, -0.1) is 0 Å². The van der Waals surface area contributed by atoms with Crippen molar-refractivity contribution in [3.63, 3.8) is 0 Å². The van der Waals surface area contributed by atoms with Crippen LogP contribution in [0.4, 0.5) is 0 Å². The van der Waals surface area contributed by atoms with Gasteiger partial charge in [0.15, 0.2) is 6.61 Å². The highest BCUT2D eigenvalue weighted by atomic mass is 35.5. The minimum absolute atomic E-state index is 0.0269. The van der Waals surface area contributed by atoms with Crippen LogP contribution in [0.1, 0.15) is 37.8 Å². The van der Waals surface area contributed by atoms with E-state index in [2.05, 4.69) is 5.32 Å². The second kappa shape index (κ2) is 7.14. The van der Waals surface area contributed by atoms with E-state index in [0.29, 0.717) is 10.0 Å². The summed E-state index contributed by atoms with van der Waals surface area (Å²) in [4.78, 5) is 23.3. The van der Waals surface area contributed by atoms with Crippen LogP contribution in [0.2, 0.25) is 10.0 Å². The fourth-order valence-electron chi connectivity index (χ4n) is 2.11. The first kappa shape index (κ1) is 16.1. The van der Waals surface area contributed by atoms with E-state index in [9.17, 15) is 9.59 Å². The van der Waals surface area contributed by atoms with Crippen LogP contribution in [0.5, 0.6) is 0 Å². The van der Waals surface area contributed by atoms with Crippen LogP contribution in [0.15, 0.2) is 18.2 Å². The molecule has 0 aromatic heterocycles. The molecule has 0 spiro atoms. The van der Waals surface area contributed by atoms with Gasteiger partial charge in [0.2, 0.25) is 0 Å². The SMILES string of the molecule is C[C@@H](NC(=O)COC(=O)C1CCC1)c1ccc(Cl)cc1Cl. The van der Waals surface area contributed by atoms with Crippen molar-refractivity contribution >= 4 is 35.1 Å². The average molecular weight is 330 g/mol. The van der Waals surface area contributed by atoms with E-state index in [1.165, 1.54) is 0 Å². The summed E-state index contributed by atoms with van der Waals surface area (Å²) in [5.74, 6) is -0.657. The van der Waals surface area contributed by atoms with Gasteiger partial charge >= 0.3 is 5.97 Å². The van der Waals surface area contributed by atoms with Crippen molar-refractivity contribution in [1.29, 1.82) is 0 Å². The molecule has 1 aliphatic rings. The summed E-state index contributed by atoms with van der Waals surface area (Å²) in [5, 5.41) is 3.77. The third kappa shape index (κ3) is 4.35. The molecule has 1 atom stereocenters. The first-order valence-corrected chi connectivity index (χ1v) is 7.64. The largest absolute Gasteiger partial charge is 0.455 e. The second-order valence-electron chi connectivity index (χ2n) is 5.19. The van der Waals surface area contributed by atoms with Crippen LogP contribution >= 0.6 is 23.2 Å². The van der Waals surface area contributed by atoms with Gasteiger partial charge in [0.1, 0.15) is 0 Å². The van der Waals surface area contributed by atoms with Crippen LogP contribution < -0.4 is 5.32 Å². The maximum absolute atomic E-state index is 11.8. The molecule has 1 aliphatic carbocycles. The molecular weight excluding hydrogens is 313 g/mol. The molecular formula is C15H17Cl2NO3. The summed E-state index contributed by atoms with van der Waals surface area (Å²) in [5.41, 5.74) is 0.764. The normalized spacial score (nSPS) is 16.0. The fraction of sp³-hybridized carbons (Fsp3) is 0.467. The lowest BCUT2D eigenvalue weighted by Crippen LogP contribution is -2.33. The Hall–Kier alpha value is -1.26.